The molecule has 56 valence electrons. The topological polar surface area (TPSA) is 4.93 Å². The van der Waals surface area contributed by atoms with Gasteiger partial charge < -0.3 is 4.57 Å². The van der Waals surface area contributed by atoms with Crippen LogP contribution in [0.3, 0.4) is 0 Å². The van der Waals surface area contributed by atoms with Crippen LogP contribution in [-0.4, -0.2) is 4.57 Å². The number of fused-ring (bicyclic) bond motifs is 1. The fourth-order valence-electron chi connectivity index (χ4n) is 1.24. The minimum Gasteiger partial charge on any atom is -0.351 e. The molecule has 0 unspecified atom stereocenters. The molecule has 1 aromatic carbocycles. The molecular weight excluding hydrogens is 158 g/mol. The minimum atomic E-state index is 0.791. The second-order valence-electron chi connectivity index (χ2n) is 2.63. The molecule has 1 heterocycles. The SMILES string of the molecule is Cn1ccc2ccc(Cl)cc21. The number of nitrogens with zero attached hydrogens (tertiary/aromatic N) is 1. The first-order chi connectivity index (χ1) is 5.27. The molecule has 1 aromatic heterocycles. The highest BCUT2D eigenvalue weighted by Gasteiger charge is 1.96. The van der Waals surface area contributed by atoms with Crippen LogP contribution in [0.25, 0.3) is 10.9 Å². The molecule has 0 aliphatic rings. The van der Waals surface area contributed by atoms with E-state index in [-0.39, 0.29) is 0 Å². The Balaban J connectivity index is 2.87. The molecule has 2 aromatic rings. The minimum absolute atomic E-state index is 0.791. The molecule has 0 amide bonds. The third kappa shape index (κ3) is 1.02. The molecule has 0 N–H and O–H groups in total. The van der Waals surface area contributed by atoms with Crippen LogP contribution < -0.4 is 0 Å². The van der Waals surface area contributed by atoms with Gasteiger partial charge in [0.25, 0.3) is 0 Å². The monoisotopic (exact) mass is 165 g/mol. The number of aryl methyl sites for hydroxylation is 1. The smallest absolute Gasteiger partial charge is 0.0492 e. The van der Waals surface area contributed by atoms with Gasteiger partial charge in [0.15, 0.2) is 0 Å². The normalized spacial score (nSPS) is 10.7. The lowest BCUT2D eigenvalue weighted by Gasteiger charge is -1.95. The first-order valence-corrected chi connectivity index (χ1v) is 3.86. The van der Waals surface area contributed by atoms with E-state index in [9.17, 15) is 0 Å². The van der Waals surface area contributed by atoms with Crippen molar-refractivity contribution in [3.05, 3.63) is 35.5 Å². The van der Waals surface area contributed by atoms with E-state index >= 15 is 0 Å². The molecule has 0 saturated carbocycles. The number of aromatic nitrogens is 1. The highest BCUT2D eigenvalue weighted by Crippen LogP contribution is 2.19. The van der Waals surface area contributed by atoms with E-state index in [0.29, 0.717) is 0 Å². The molecule has 0 spiro atoms. The fourth-order valence-corrected chi connectivity index (χ4v) is 1.40. The first-order valence-electron chi connectivity index (χ1n) is 3.48. The van der Waals surface area contributed by atoms with Crippen LogP contribution in [0.5, 0.6) is 0 Å². The third-order valence-electron chi connectivity index (χ3n) is 1.85. The lowest BCUT2D eigenvalue weighted by Crippen LogP contribution is -1.82. The maximum atomic E-state index is 5.83. The van der Waals surface area contributed by atoms with Gasteiger partial charge in [0.1, 0.15) is 0 Å². The molecule has 0 aliphatic heterocycles. The average molecular weight is 166 g/mol. The van der Waals surface area contributed by atoms with Crippen molar-refractivity contribution in [1.29, 1.82) is 0 Å². The van der Waals surface area contributed by atoms with Gasteiger partial charge in [0.05, 0.1) is 0 Å². The lowest BCUT2D eigenvalue weighted by atomic mass is 10.2. The largest absolute Gasteiger partial charge is 0.351 e. The summed E-state index contributed by atoms with van der Waals surface area (Å²) in [4.78, 5) is 0. The van der Waals surface area contributed by atoms with Crippen molar-refractivity contribution in [2.45, 2.75) is 0 Å². The fraction of sp³-hybridized carbons (Fsp3) is 0.111. The first kappa shape index (κ1) is 6.74. The summed E-state index contributed by atoms with van der Waals surface area (Å²) in [7, 11) is 2.01. The van der Waals surface area contributed by atoms with Crippen LogP contribution >= 0.6 is 11.6 Å². The summed E-state index contributed by atoms with van der Waals surface area (Å²) in [5, 5.41) is 2.02. The van der Waals surface area contributed by atoms with Gasteiger partial charge >= 0.3 is 0 Å². The summed E-state index contributed by atoms with van der Waals surface area (Å²) in [6.07, 6.45) is 2.03. The van der Waals surface area contributed by atoms with Crippen molar-refractivity contribution < 1.29 is 0 Å². The standard InChI is InChI=1S/C9H8ClN/c1-11-5-4-7-2-3-8(10)6-9(7)11/h2-6H,1H3. The van der Waals surface area contributed by atoms with Crippen molar-refractivity contribution in [1.82, 2.24) is 4.57 Å². The molecule has 1 nitrogen and oxygen atoms in total. The van der Waals surface area contributed by atoms with Crippen molar-refractivity contribution >= 4 is 22.5 Å². The molecule has 0 bridgehead atoms. The molecule has 11 heavy (non-hydrogen) atoms. The van der Waals surface area contributed by atoms with E-state index in [1.165, 1.54) is 10.9 Å². The highest BCUT2D eigenvalue weighted by molar-refractivity contribution is 6.31. The van der Waals surface area contributed by atoms with Gasteiger partial charge in [0.2, 0.25) is 0 Å². The Labute approximate surface area is 70.2 Å². The second kappa shape index (κ2) is 2.28. The number of benzene rings is 1. The van der Waals surface area contributed by atoms with Gasteiger partial charge in [-0.2, -0.15) is 0 Å². The predicted molar refractivity (Wildman–Crippen MR) is 47.9 cm³/mol. The number of halogens is 1. The number of hydrogen-bond acceptors (Lipinski definition) is 0. The van der Waals surface area contributed by atoms with Crippen LogP contribution in [0.4, 0.5) is 0 Å². The molecule has 0 radical (unpaired) electrons. The zero-order valence-corrected chi connectivity index (χ0v) is 6.97. The molecule has 0 fully saturated rings. The van der Waals surface area contributed by atoms with Crippen molar-refractivity contribution in [2.75, 3.05) is 0 Å². The van der Waals surface area contributed by atoms with E-state index in [4.69, 9.17) is 11.6 Å². The van der Waals surface area contributed by atoms with Gasteiger partial charge in [-0.25, -0.2) is 0 Å². The second-order valence-corrected chi connectivity index (χ2v) is 3.07. The van der Waals surface area contributed by atoms with Crippen LogP contribution in [0, 0.1) is 0 Å². The average Bonchev–Trinajstić information content (AvgIpc) is 2.33. The quantitative estimate of drug-likeness (QED) is 0.566. The summed E-state index contributed by atoms with van der Waals surface area (Å²) in [6, 6.07) is 7.98. The zero-order chi connectivity index (χ0) is 7.84. The van der Waals surface area contributed by atoms with E-state index in [1.807, 2.05) is 31.4 Å². The highest BCUT2D eigenvalue weighted by atomic mass is 35.5. The maximum Gasteiger partial charge on any atom is 0.0492 e. The van der Waals surface area contributed by atoms with Gasteiger partial charge in [-0.1, -0.05) is 17.7 Å². The Morgan fingerprint density at radius 2 is 2.09 bits per heavy atom. The Kier molecular flexibility index (Phi) is 1.40. The van der Waals surface area contributed by atoms with E-state index < -0.39 is 0 Å². The van der Waals surface area contributed by atoms with Crippen molar-refractivity contribution in [3.8, 4) is 0 Å². The summed E-state index contributed by atoms with van der Waals surface area (Å²) < 4.78 is 2.06. The predicted octanol–water partition coefficient (Wildman–Crippen LogP) is 2.83. The molecule has 0 aliphatic carbocycles. The van der Waals surface area contributed by atoms with E-state index in [1.54, 1.807) is 0 Å². The Morgan fingerprint density at radius 1 is 1.27 bits per heavy atom. The number of rotatable bonds is 0. The summed E-state index contributed by atoms with van der Waals surface area (Å²) in [6.45, 7) is 0. The Hall–Kier alpha value is -0.950. The van der Waals surface area contributed by atoms with Gasteiger partial charge in [0, 0.05) is 23.8 Å². The third-order valence-corrected chi connectivity index (χ3v) is 2.09. The molecule has 2 heteroatoms. The molecule has 2 rings (SSSR count). The van der Waals surface area contributed by atoms with E-state index in [0.717, 1.165) is 5.02 Å². The van der Waals surface area contributed by atoms with Gasteiger partial charge in [-0.15, -0.1) is 0 Å². The van der Waals surface area contributed by atoms with Crippen LogP contribution in [-0.2, 0) is 7.05 Å². The molecular formula is C9H8ClN. The number of hydrogen-bond donors (Lipinski definition) is 0. The summed E-state index contributed by atoms with van der Waals surface area (Å²) >= 11 is 5.83. The van der Waals surface area contributed by atoms with Crippen molar-refractivity contribution in [3.63, 3.8) is 0 Å². The van der Waals surface area contributed by atoms with Gasteiger partial charge in [-0.05, 0) is 23.6 Å². The van der Waals surface area contributed by atoms with E-state index in [2.05, 4.69) is 10.6 Å². The zero-order valence-electron chi connectivity index (χ0n) is 6.21. The molecule has 0 saturated heterocycles. The van der Waals surface area contributed by atoms with Crippen LogP contribution in [0.1, 0.15) is 0 Å². The van der Waals surface area contributed by atoms with Gasteiger partial charge in [-0.3, -0.25) is 0 Å². The Morgan fingerprint density at radius 3 is 2.91 bits per heavy atom. The maximum absolute atomic E-state index is 5.83. The molecule has 0 atom stereocenters. The lowest BCUT2D eigenvalue weighted by molar-refractivity contribution is 0.969. The van der Waals surface area contributed by atoms with Crippen molar-refractivity contribution in [2.24, 2.45) is 7.05 Å². The Bertz CT molecular complexity index is 389. The van der Waals surface area contributed by atoms with Crippen LogP contribution in [0.2, 0.25) is 5.02 Å². The van der Waals surface area contributed by atoms with Crippen LogP contribution in [0.15, 0.2) is 30.5 Å². The summed E-state index contributed by atoms with van der Waals surface area (Å²) in [5.41, 5.74) is 1.18. The summed E-state index contributed by atoms with van der Waals surface area (Å²) in [5.74, 6) is 0.